The number of nitrogens with one attached hydrogen (secondary N) is 1. The van der Waals surface area contributed by atoms with Crippen LogP contribution in [0, 0.1) is 13.8 Å². The number of amides is 1. The van der Waals surface area contributed by atoms with Crippen molar-refractivity contribution in [2.45, 2.75) is 65.1 Å². The van der Waals surface area contributed by atoms with Crippen LogP contribution in [0.2, 0.25) is 5.02 Å². The molecule has 1 unspecified atom stereocenters. The molecule has 4 nitrogen and oxygen atoms in total. The molecule has 0 radical (unpaired) electrons. The SMILES string of the molecule is CCC(C(=O)Nc1c(C)cc(Cl)cc1C)[P+]1(CC(=O)OCc2ccccc2)CCCCCC1. The highest BCUT2D eigenvalue weighted by atomic mass is 35.5. The lowest BCUT2D eigenvalue weighted by atomic mass is 10.1. The summed E-state index contributed by atoms with van der Waals surface area (Å²) < 4.78 is 5.68. The van der Waals surface area contributed by atoms with Gasteiger partial charge in [-0.1, -0.05) is 48.9 Å². The number of benzene rings is 2. The van der Waals surface area contributed by atoms with E-state index in [1.165, 1.54) is 12.8 Å². The minimum Gasteiger partial charge on any atom is -0.458 e. The molecule has 3 rings (SSSR count). The van der Waals surface area contributed by atoms with Crippen LogP contribution >= 0.6 is 18.9 Å². The van der Waals surface area contributed by atoms with Gasteiger partial charge < -0.3 is 10.1 Å². The summed E-state index contributed by atoms with van der Waals surface area (Å²) in [5, 5.41) is 3.88. The zero-order valence-corrected chi connectivity index (χ0v) is 21.7. The average Bonchev–Trinajstić information content (AvgIpc) is 3.02. The maximum Gasteiger partial charge on any atom is 0.344 e. The molecule has 0 saturated carbocycles. The number of carbonyl (C=O) groups is 2. The third-order valence-electron chi connectivity index (χ3n) is 6.74. The van der Waals surface area contributed by atoms with Gasteiger partial charge in [0.1, 0.15) is 12.3 Å². The molecule has 2 aromatic rings. The monoisotopic (exact) mass is 488 g/mol. The van der Waals surface area contributed by atoms with E-state index in [2.05, 4.69) is 12.2 Å². The summed E-state index contributed by atoms with van der Waals surface area (Å²) in [7, 11) is -1.87. The van der Waals surface area contributed by atoms with E-state index in [0.29, 0.717) is 11.2 Å². The standard InChI is InChI=1S/C27H35ClNO3P/c1-4-24(27(31)29-26-20(2)16-23(28)17-21(26)3)33(14-10-5-6-11-15-33)19-25(30)32-18-22-12-8-7-9-13-22/h7-9,12-13,16-17,24H,4-6,10-11,14-15,18-19H2,1-3H3/p+1. The van der Waals surface area contributed by atoms with E-state index in [1.54, 1.807) is 0 Å². The van der Waals surface area contributed by atoms with Crippen LogP contribution in [0.25, 0.3) is 0 Å². The van der Waals surface area contributed by atoms with E-state index >= 15 is 0 Å². The van der Waals surface area contributed by atoms with Crippen molar-refractivity contribution in [1.29, 1.82) is 0 Å². The Bertz CT molecular complexity index is 932. The van der Waals surface area contributed by atoms with Gasteiger partial charge in [0.2, 0.25) is 0 Å². The molecule has 1 fully saturated rings. The second-order valence-electron chi connectivity index (χ2n) is 9.21. The van der Waals surface area contributed by atoms with Crippen molar-refractivity contribution in [2.75, 3.05) is 23.8 Å². The summed E-state index contributed by atoms with van der Waals surface area (Å²) in [4.78, 5) is 26.7. The van der Waals surface area contributed by atoms with Crippen LogP contribution in [0.1, 0.15) is 55.7 Å². The third-order valence-corrected chi connectivity index (χ3v) is 12.2. The van der Waals surface area contributed by atoms with E-state index in [9.17, 15) is 9.59 Å². The molecule has 1 atom stereocenters. The predicted octanol–water partition coefficient (Wildman–Crippen LogP) is 7.01. The van der Waals surface area contributed by atoms with Crippen molar-refractivity contribution in [3.63, 3.8) is 0 Å². The Morgan fingerprint density at radius 3 is 2.21 bits per heavy atom. The first-order chi connectivity index (χ1) is 15.8. The highest BCUT2D eigenvalue weighted by Crippen LogP contribution is 2.66. The van der Waals surface area contributed by atoms with Gasteiger partial charge >= 0.3 is 5.97 Å². The molecule has 1 amide bonds. The molecular formula is C27H36ClNO3P+. The molecular weight excluding hydrogens is 453 g/mol. The second-order valence-corrected chi connectivity index (χ2v) is 13.9. The zero-order chi connectivity index (χ0) is 23.8. The maximum absolute atomic E-state index is 13.6. The van der Waals surface area contributed by atoms with E-state index in [4.69, 9.17) is 16.3 Å². The van der Waals surface area contributed by atoms with Crippen LogP contribution < -0.4 is 5.32 Å². The molecule has 0 spiro atoms. The number of hydrogen-bond acceptors (Lipinski definition) is 3. The average molecular weight is 489 g/mol. The van der Waals surface area contributed by atoms with Crippen LogP contribution in [0.5, 0.6) is 0 Å². The van der Waals surface area contributed by atoms with E-state index < -0.39 is 7.26 Å². The molecule has 0 aliphatic carbocycles. The molecule has 1 N–H and O–H groups in total. The van der Waals surface area contributed by atoms with Crippen LogP contribution in [0.4, 0.5) is 5.69 Å². The fraction of sp³-hybridized carbons (Fsp3) is 0.481. The summed E-state index contributed by atoms with van der Waals surface area (Å²) >= 11 is 6.18. The second kappa shape index (κ2) is 12.0. The van der Waals surface area contributed by atoms with Gasteiger partial charge in [0.05, 0.1) is 12.3 Å². The maximum atomic E-state index is 13.6. The Balaban J connectivity index is 1.79. The zero-order valence-electron chi connectivity index (χ0n) is 20.0. The quantitative estimate of drug-likeness (QED) is 0.321. The molecule has 1 aliphatic heterocycles. The number of esters is 1. The van der Waals surface area contributed by atoms with Crippen LogP contribution in [0.3, 0.4) is 0 Å². The lowest BCUT2D eigenvalue weighted by Crippen LogP contribution is -2.35. The number of anilines is 1. The lowest BCUT2D eigenvalue weighted by Gasteiger charge is -2.32. The van der Waals surface area contributed by atoms with Crippen molar-refractivity contribution >= 4 is 36.4 Å². The van der Waals surface area contributed by atoms with Gasteiger partial charge in [-0.2, -0.15) is 0 Å². The fourth-order valence-electron chi connectivity index (χ4n) is 5.08. The Kier molecular flexibility index (Phi) is 9.35. The summed E-state index contributed by atoms with van der Waals surface area (Å²) in [6.45, 7) is 6.29. The van der Waals surface area contributed by atoms with E-state index in [0.717, 1.165) is 54.0 Å². The third kappa shape index (κ3) is 6.80. The van der Waals surface area contributed by atoms with Gasteiger partial charge in [0, 0.05) is 18.0 Å². The van der Waals surface area contributed by atoms with Gasteiger partial charge in [-0.3, -0.25) is 4.79 Å². The Labute approximate surface area is 203 Å². The number of carbonyl (C=O) groups excluding carboxylic acids is 2. The number of halogens is 1. The molecule has 2 aromatic carbocycles. The summed E-state index contributed by atoms with van der Waals surface area (Å²) in [6, 6.07) is 13.5. The normalized spacial score (nSPS) is 16.5. The first-order valence-corrected chi connectivity index (χ1v) is 14.8. The Morgan fingerprint density at radius 2 is 1.64 bits per heavy atom. The van der Waals surface area contributed by atoms with Gasteiger partial charge in [-0.25, -0.2) is 4.79 Å². The number of hydrogen-bond donors (Lipinski definition) is 1. The number of aryl methyl sites for hydroxylation is 2. The minimum atomic E-state index is -1.87. The van der Waals surface area contributed by atoms with Crippen LogP contribution in [0.15, 0.2) is 42.5 Å². The van der Waals surface area contributed by atoms with Gasteiger partial charge in [-0.05, 0) is 74.8 Å². The van der Waals surface area contributed by atoms with E-state index in [1.807, 2.05) is 56.3 Å². The number of ether oxygens (including phenoxy) is 1. The first-order valence-electron chi connectivity index (χ1n) is 12.0. The first kappa shape index (κ1) is 25.7. The number of rotatable bonds is 8. The van der Waals surface area contributed by atoms with Crippen molar-refractivity contribution in [1.82, 2.24) is 0 Å². The summed E-state index contributed by atoms with van der Waals surface area (Å²) in [5.41, 5.74) is 3.59. The Morgan fingerprint density at radius 1 is 1.03 bits per heavy atom. The van der Waals surface area contributed by atoms with Crippen molar-refractivity contribution < 1.29 is 14.3 Å². The molecule has 0 aromatic heterocycles. The molecule has 1 saturated heterocycles. The predicted molar refractivity (Wildman–Crippen MR) is 140 cm³/mol. The topological polar surface area (TPSA) is 55.4 Å². The van der Waals surface area contributed by atoms with Crippen molar-refractivity contribution in [3.8, 4) is 0 Å². The Hall–Kier alpha value is -1.90. The summed E-state index contributed by atoms with van der Waals surface area (Å²) in [6.07, 6.45) is 7.62. The van der Waals surface area contributed by atoms with E-state index in [-0.39, 0.29) is 24.1 Å². The lowest BCUT2D eigenvalue weighted by molar-refractivity contribution is -0.141. The molecule has 178 valence electrons. The van der Waals surface area contributed by atoms with Gasteiger partial charge in [0.15, 0.2) is 6.16 Å². The van der Waals surface area contributed by atoms with Crippen LogP contribution in [-0.4, -0.2) is 36.0 Å². The molecule has 1 heterocycles. The minimum absolute atomic E-state index is 0.0390. The highest BCUT2D eigenvalue weighted by Gasteiger charge is 2.50. The fourth-order valence-corrected chi connectivity index (χ4v) is 10.4. The smallest absolute Gasteiger partial charge is 0.344 e. The largest absolute Gasteiger partial charge is 0.458 e. The molecule has 33 heavy (non-hydrogen) atoms. The van der Waals surface area contributed by atoms with Gasteiger partial charge in [-0.15, -0.1) is 0 Å². The van der Waals surface area contributed by atoms with Crippen molar-refractivity contribution in [2.24, 2.45) is 0 Å². The highest BCUT2D eigenvalue weighted by molar-refractivity contribution is 7.78. The van der Waals surface area contributed by atoms with Crippen molar-refractivity contribution in [3.05, 3.63) is 64.2 Å². The van der Waals surface area contributed by atoms with Crippen LogP contribution in [-0.2, 0) is 20.9 Å². The van der Waals surface area contributed by atoms with Gasteiger partial charge in [0.25, 0.3) is 5.91 Å². The summed E-state index contributed by atoms with van der Waals surface area (Å²) in [5.74, 6) is -0.128. The molecule has 1 aliphatic rings. The molecule has 6 heteroatoms. The molecule has 0 bridgehead atoms.